The Morgan fingerprint density at radius 2 is 0.673 bits per heavy atom. The van der Waals surface area contributed by atoms with Crippen LogP contribution in [0.5, 0.6) is 0 Å². The second-order valence-electron chi connectivity index (χ2n) is 31.7. The standard InChI is InChI=1S/C35H25N2OS.C34H23N2OS.C31H26NS/c1-18-8-10-24-25-11-9-19(2)36-35(25)38-34(24)30(18)29-13-12-26-31-22-6-4-5-7-23(22)32(33(26)37(29)3)28-15-21-17-39-16-20(21)14-27(28)31;1-18-9-10-23-24-8-5-13-35-34(24)37-33(23)29(18)28-12-11-25-30-21-6-3-4-7-22(21)31(32(25)36(28)2)27-15-20-17-38-16-19(20)14-26(27)30;1-17-11-18(2)19(3)25(12-17)28-10-9-24-29-22-7-5-6-8-23(22)30(31(24)32(28)4)27-14-21-16-33-15-20(21)13-26(27)29/h4-17,31-32H,1-3H3;3-17,30-31H,1-2H3;5-16,29-30H,1-4H3/q3*+1. The predicted octanol–water partition coefficient (Wildman–Crippen LogP) is 23.6. The van der Waals surface area contributed by atoms with Crippen LogP contribution < -0.4 is 13.7 Å². The van der Waals surface area contributed by atoms with Gasteiger partial charge in [0.25, 0.3) is 0 Å². The molecule has 10 heterocycles. The lowest BCUT2D eigenvalue weighted by Gasteiger charge is -2.40. The van der Waals surface area contributed by atoms with Gasteiger partial charge in [0.1, 0.15) is 21.1 Å². The Hall–Kier alpha value is -11.8. The maximum atomic E-state index is 6.49. The van der Waals surface area contributed by atoms with Crippen molar-refractivity contribution >= 4 is 110 Å². The molecular weight excluding hydrogens is 1400 g/mol. The molecule has 19 aromatic rings. The third kappa shape index (κ3) is 8.95. The monoisotopic (exact) mass is 1470 g/mol. The normalized spacial score (nSPS) is 17.3. The maximum Gasteiger partial charge on any atom is 0.227 e. The molecule has 9 aliphatic carbocycles. The van der Waals surface area contributed by atoms with Crippen molar-refractivity contribution in [2.75, 3.05) is 0 Å². The zero-order valence-electron chi connectivity index (χ0n) is 62.4. The van der Waals surface area contributed by atoms with Crippen LogP contribution in [0.3, 0.4) is 0 Å². The number of aryl methyl sites for hydroxylation is 5. The Labute approximate surface area is 649 Å². The molecule has 28 rings (SSSR count). The molecule has 0 saturated carbocycles. The van der Waals surface area contributed by atoms with E-state index in [0.29, 0.717) is 17.3 Å². The summed E-state index contributed by atoms with van der Waals surface area (Å²) < 4.78 is 20.3. The molecule has 0 fully saturated rings. The van der Waals surface area contributed by atoms with Crippen LogP contribution in [-0.2, 0) is 21.1 Å². The van der Waals surface area contributed by atoms with Crippen molar-refractivity contribution in [3.63, 3.8) is 0 Å². The molecule has 6 bridgehead atoms. The van der Waals surface area contributed by atoms with Crippen molar-refractivity contribution < 1.29 is 22.5 Å². The largest absolute Gasteiger partial charge is 0.437 e. The fourth-order valence-electron chi connectivity index (χ4n) is 20.9. The first-order valence-corrected chi connectivity index (χ1v) is 41.1. The van der Waals surface area contributed by atoms with Gasteiger partial charge in [-0.1, -0.05) is 109 Å². The van der Waals surface area contributed by atoms with Crippen molar-refractivity contribution in [3.8, 4) is 33.8 Å². The minimum Gasteiger partial charge on any atom is -0.437 e. The predicted molar refractivity (Wildman–Crippen MR) is 448 cm³/mol. The summed E-state index contributed by atoms with van der Waals surface area (Å²) >= 11 is 5.38. The van der Waals surface area contributed by atoms with Gasteiger partial charge in [0.2, 0.25) is 28.5 Å². The van der Waals surface area contributed by atoms with Crippen LogP contribution in [0.1, 0.15) is 170 Å². The van der Waals surface area contributed by atoms with E-state index in [0.717, 1.165) is 49.5 Å². The number of hydrogen-bond acceptors (Lipinski definition) is 7. The highest BCUT2D eigenvalue weighted by Crippen LogP contribution is 2.60. The number of rotatable bonds is 3. The van der Waals surface area contributed by atoms with E-state index in [-0.39, 0.29) is 29.6 Å². The molecule has 0 spiro atoms. The zero-order chi connectivity index (χ0) is 73.5. The van der Waals surface area contributed by atoms with Crippen LogP contribution in [-0.4, -0.2) is 9.97 Å². The van der Waals surface area contributed by atoms with Gasteiger partial charge in [-0.25, -0.2) is 9.97 Å². The molecule has 6 atom stereocenters. The summed E-state index contributed by atoms with van der Waals surface area (Å²) in [5, 5.41) is 26.2. The molecule has 10 heteroatoms. The van der Waals surface area contributed by atoms with Crippen molar-refractivity contribution in [2.45, 2.75) is 77.0 Å². The quantitative estimate of drug-likeness (QED) is 0.165. The van der Waals surface area contributed by atoms with Crippen LogP contribution in [0.4, 0.5) is 0 Å². The average molecular weight is 1470 g/mol. The first kappa shape index (κ1) is 64.2. The SMILES string of the molecule is Cc1cc(C)c(C)c(-c2ccc3c([n+]2C)C2c4ccccc4C3c3cc4cscc4cc32)c1.Cc1ccc2c(n1)oc1c(-c3ccc4c([n+]3C)C3c5ccccc5C4c4cc5cscc5cc43)c(C)ccc12.Cc1ccc2c(oc3ncccc32)c1-c1ccc2c([n+]1C)C1c3ccccc3C2c2cc3cscc3cc21. The van der Waals surface area contributed by atoms with Gasteiger partial charge in [0.05, 0.1) is 28.9 Å². The van der Waals surface area contributed by atoms with E-state index in [9.17, 15) is 0 Å². The average Bonchev–Trinajstić information content (AvgIpc) is 0.865. The van der Waals surface area contributed by atoms with Crippen LogP contribution >= 0.6 is 34.0 Å². The fourth-order valence-corrected chi connectivity index (χ4v) is 23.3. The highest BCUT2D eigenvalue weighted by molar-refractivity contribution is 7.10. The van der Waals surface area contributed by atoms with Gasteiger partial charge in [-0.3, -0.25) is 0 Å². The lowest BCUT2D eigenvalue weighted by molar-refractivity contribution is -0.669. The van der Waals surface area contributed by atoms with Crippen molar-refractivity contribution in [2.24, 2.45) is 21.1 Å². The summed E-state index contributed by atoms with van der Waals surface area (Å²) in [6.07, 6.45) is 1.80. The summed E-state index contributed by atoms with van der Waals surface area (Å²) in [5.41, 5.74) is 44.0. The van der Waals surface area contributed by atoms with Gasteiger partial charge in [-0.05, 0) is 280 Å². The molecule has 0 saturated heterocycles. The Kier molecular flexibility index (Phi) is 13.8. The minimum absolute atomic E-state index is 0.199. The lowest BCUT2D eigenvalue weighted by atomic mass is 9.62. The Bertz CT molecular complexity index is 7300. The van der Waals surface area contributed by atoms with Crippen molar-refractivity contribution in [1.29, 1.82) is 0 Å². The number of fused-ring (bicyclic) bond motifs is 9. The summed E-state index contributed by atoms with van der Waals surface area (Å²) in [5.74, 6) is 1.48. The molecular formula is C100H74N5O2S3+3. The van der Waals surface area contributed by atoms with Gasteiger partial charge in [0, 0.05) is 91.6 Å². The molecule has 0 radical (unpaired) electrons. The number of hydrogen-bond donors (Lipinski definition) is 0. The summed E-state index contributed by atoms with van der Waals surface area (Å²) in [6.45, 7) is 13.1. The van der Waals surface area contributed by atoms with Crippen LogP contribution in [0.2, 0.25) is 0 Å². The molecule has 0 aliphatic heterocycles. The van der Waals surface area contributed by atoms with Crippen molar-refractivity contribution in [1.82, 2.24) is 9.97 Å². The lowest BCUT2D eigenvalue weighted by Crippen LogP contribution is -2.44. The first-order valence-electron chi connectivity index (χ1n) is 38.3. The molecule has 6 unspecified atom stereocenters. The number of pyridine rings is 5. The van der Waals surface area contributed by atoms with Gasteiger partial charge in [0.15, 0.2) is 28.2 Å². The third-order valence-corrected chi connectivity index (χ3v) is 28.2. The molecule has 9 aliphatic rings. The number of furan rings is 2. The van der Waals surface area contributed by atoms with E-state index in [4.69, 9.17) is 13.8 Å². The third-order valence-electron chi connectivity index (χ3n) is 25.9. The maximum absolute atomic E-state index is 6.49. The van der Waals surface area contributed by atoms with E-state index in [1.54, 1.807) is 40.2 Å². The second-order valence-corrected chi connectivity index (χ2v) is 33.9. The van der Waals surface area contributed by atoms with E-state index in [2.05, 4.69) is 307 Å². The summed E-state index contributed by atoms with van der Waals surface area (Å²) in [4.78, 5) is 9.20. The number of aromatic nitrogens is 5. The Morgan fingerprint density at radius 1 is 0.309 bits per heavy atom. The Morgan fingerprint density at radius 3 is 1.10 bits per heavy atom. The summed E-state index contributed by atoms with van der Waals surface area (Å²) in [7, 11) is 6.75. The van der Waals surface area contributed by atoms with E-state index < -0.39 is 0 Å². The molecule has 9 aromatic carbocycles. The van der Waals surface area contributed by atoms with Gasteiger partial charge < -0.3 is 8.83 Å². The Balaban J connectivity index is 0.0000000994. The molecule has 10 aromatic heterocycles. The number of thiophene rings is 3. The van der Waals surface area contributed by atoms with Crippen molar-refractivity contribution in [3.05, 3.63) is 379 Å². The van der Waals surface area contributed by atoms with Crippen LogP contribution in [0.25, 0.3) is 110 Å². The fraction of sp³-hybridized carbons (Fsp3) is 0.150. The van der Waals surface area contributed by atoms with Crippen LogP contribution in [0.15, 0.2) is 254 Å². The van der Waals surface area contributed by atoms with Gasteiger partial charge in [-0.2, -0.15) is 47.7 Å². The zero-order valence-corrected chi connectivity index (χ0v) is 64.9. The van der Waals surface area contributed by atoms with E-state index >= 15 is 0 Å². The number of benzene rings is 9. The van der Waals surface area contributed by atoms with E-state index in [1.807, 2.05) is 13.0 Å². The molecule has 7 nitrogen and oxygen atoms in total. The van der Waals surface area contributed by atoms with E-state index in [1.165, 1.54) is 183 Å². The highest BCUT2D eigenvalue weighted by Gasteiger charge is 2.51. The highest BCUT2D eigenvalue weighted by atomic mass is 32.1. The van der Waals surface area contributed by atoms with Gasteiger partial charge in [-0.15, -0.1) is 0 Å². The minimum atomic E-state index is 0.199. The molecule has 0 N–H and O–H groups in total. The second kappa shape index (κ2) is 23.6. The topological polar surface area (TPSA) is 63.7 Å². The first-order chi connectivity index (χ1) is 53.8. The summed E-state index contributed by atoms with van der Waals surface area (Å²) in [6, 6.07) is 77.7. The van der Waals surface area contributed by atoms with Gasteiger partial charge >= 0.3 is 0 Å². The molecule has 110 heavy (non-hydrogen) atoms. The van der Waals surface area contributed by atoms with Crippen LogP contribution in [0, 0.1) is 41.5 Å². The smallest absolute Gasteiger partial charge is 0.227 e. The molecule has 0 amide bonds. The number of nitrogens with zero attached hydrogens (tertiary/aromatic N) is 5. The molecule has 526 valence electrons.